The number of carbonyl (C=O) groups excluding carboxylic acids is 2. The molecule has 0 aliphatic carbocycles. The predicted molar refractivity (Wildman–Crippen MR) is 133 cm³/mol. The number of ether oxygens (including phenoxy) is 2. The SMILES string of the molecule is O=C1c2c(nc(Oc3cccc(OC(F)(F)F)c3)n2Cc2ccc(F)cc2)N2CCNCC2C(=O)N1CCCO. The van der Waals surface area contributed by atoms with E-state index in [4.69, 9.17) is 4.74 Å². The Morgan fingerprint density at radius 3 is 2.58 bits per heavy atom. The molecule has 2 N–H and O–H groups in total. The van der Waals surface area contributed by atoms with Crippen molar-refractivity contribution in [2.45, 2.75) is 25.4 Å². The summed E-state index contributed by atoms with van der Waals surface area (Å²) in [5, 5.41) is 12.5. The fourth-order valence-corrected chi connectivity index (χ4v) is 4.70. The second-order valence-corrected chi connectivity index (χ2v) is 9.19. The topological polar surface area (TPSA) is 109 Å². The summed E-state index contributed by atoms with van der Waals surface area (Å²) in [6.07, 6.45) is -4.75. The maximum atomic E-state index is 13.9. The first-order valence-electron chi connectivity index (χ1n) is 12.5. The molecule has 3 heterocycles. The van der Waals surface area contributed by atoms with Crippen molar-refractivity contribution in [1.82, 2.24) is 19.8 Å². The maximum absolute atomic E-state index is 13.9. The number of imide groups is 1. The van der Waals surface area contributed by atoms with Gasteiger partial charge in [-0.3, -0.25) is 19.1 Å². The van der Waals surface area contributed by atoms with Crippen LogP contribution in [0.2, 0.25) is 0 Å². The van der Waals surface area contributed by atoms with Gasteiger partial charge in [-0.2, -0.15) is 4.98 Å². The number of nitrogens with zero attached hydrogens (tertiary/aromatic N) is 4. The third-order valence-electron chi connectivity index (χ3n) is 6.47. The number of halogens is 4. The third-order valence-corrected chi connectivity index (χ3v) is 6.47. The number of hydrogen-bond donors (Lipinski definition) is 2. The van der Waals surface area contributed by atoms with Gasteiger partial charge in [0.25, 0.3) is 11.8 Å². The number of fused-ring (bicyclic) bond motifs is 3. The van der Waals surface area contributed by atoms with Gasteiger partial charge in [-0.05, 0) is 36.2 Å². The van der Waals surface area contributed by atoms with E-state index in [1.807, 2.05) is 0 Å². The lowest BCUT2D eigenvalue weighted by Gasteiger charge is -2.35. The van der Waals surface area contributed by atoms with Gasteiger partial charge in [-0.1, -0.05) is 18.2 Å². The van der Waals surface area contributed by atoms with Crippen LogP contribution in [0, 0.1) is 5.82 Å². The van der Waals surface area contributed by atoms with Crippen LogP contribution in [-0.4, -0.2) is 76.6 Å². The van der Waals surface area contributed by atoms with E-state index in [0.29, 0.717) is 18.7 Å². The summed E-state index contributed by atoms with van der Waals surface area (Å²) in [7, 11) is 0. The Bertz CT molecular complexity index is 1400. The molecule has 2 aliphatic rings. The van der Waals surface area contributed by atoms with Crippen LogP contribution in [0.25, 0.3) is 0 Å². The van der Waals surface area contributed by atoms with Gasteiger partial charge in [0.1, 0.15) is 23.4 Å². The lowest BCUT2D eigenvalue weighted by atomic mass is 10.1. The molecule has 2 aromatic carbocycles. The molecule has 0 bridgehead atoms. The summed E-state index contributed by atoms with van der Waals surface area (Å²) in [6.45, 7) is 0.793. The molecule has 1 saturated heterocycles. The van der Waals surface area contributed by atoms with Crippen molar-refractivity contribution in [3.05, 3.63) is 65.6 Å². The van der Waals surface area contributed by atoms with Crippen molar-refractivity contribution in [1.29, 1.82) is 0 Å². The zero-order valence-corrected chi connectivity index (χ0v) is 21.0. The fourth-order valence-electron chi connectivity index (χ4n) is 4.70. The van der Waals surface area contributed by atoms with Crippen LogP contribution in [0.15, 0.2) is 48.5 Å². The molecule has 2 amide bonds. The van der Waals surface area contributed by atoms with Gasteiger partial charge in [0.2, 0.25) is 0 Å². The summed E-state index contributed by atoms with van der Waals surface area (Å²) in [5.74, 6) is -1.96. The van der Waals surface area contributed by atoms with Gasteiger partial charge in [0.15, 0.2) is 11.5 Å². The highest BCUT2D eigenvalue weighted by atomic mass is 19.4. The van der Waals surface area contributed by atoms with Gasteiger partial charge >= 0.3 is 12.4 Å². The minimum Gasteiger partial charge on any atom is -0.425 e. The minimum absolute atomic E-state index is 0.0257. The number of aliphatic hydroxyl groups excluding tert-OH is 1. The Balaban J connectivity index is 1.62. The van der Waals surface area contributed by atoms with Crippen LogP contribution >= 0.6 is 0 Å². The summed E-state index contributed by atoms with van der Waals surface area (Å²) in [4.78, 5) is 34.6. The fraction of sp³-hybridized carbons (Fsp3) is 0.346. The number of hydrogen-bond acceptors (Lipinski definition) is 8. The van der Waals surface area contributed by atoms with Crippen LogP contribution in [0.3, 0.4) is 0 Å². The summed E-state index contributed by atoms with van der Waals surface area (Å²) < 4.78 is 63.3. The molecule has 3 aromatic rings. The van der Waals surface area contributed by atoms with Crippen molar-refractivity contribution in [2.24, 2.45) is 0 Å². The maximum Gasteiger partial charge on any atom is 0.573 e. The largest absolute Gasteiger partial charge is 0.573 e. The number of benzene rings is 2. The van der Waals surface area contributed by atoms with Crippen LogP contribution in [0.1, 0.15) is 22.5 Å². The van der Waals surface area contributed by atoms with E-state index in [0.717, 1.165) is 17.0 Å². The highest BCUT2D eigenvalue weighted by Crippen LogP contribution is 2.36. The molecule has 0 spiro atoms. The van der Waals surface area contributed by atoms with E-state index in [2.05, 4.69) is 15.0 Å². The first kappa shape index (κ1) is 27.4. The number of nitrogens with one attached hydrogen (secondary N) is 1. The second kappa shape index (κ2) is 11.1. The predicted octanol–water partition coefficient (Wildman–Crippen LogP) is 2.90. The monoisotopic (exact) mass is 563 g/mol. The normalized spacial score (nSPS) is 17.4. The number of imidazole rings is 1. The molecule has 14 heteroatoms. The van der Waals surface area contributed by atoms with Gasteiger partial charge in [0.05, 0.1) is 6.54 Å². The number of aliphatic hydroxyl groups is 1. The smallest absolute Gasteiger partial charge is 0.425 e. The standard InChI is InChI=1S/C26H25F4N5O5/c27-17-7-5-16(6-8-17)15-35-21-22(32-25(35)39-18-3-1-4-19(13-18)40-26(28,29)30)33-11-9-31-14-20(33)23(37)34(24(21)38)10-2-12-36/h1,3-8,13,20,31,36H,2,9-12,14-15H2. The van der Waals surface area contributed by atoms with Crippen molar-refractivity contribution in [3.63, 3.8) is 0 Å². The highest BCUT2D eigenvalue weighted by Gasteiger charge is 2.44. The van der Waals surface area contributed by atoms with Crippen molar-refractivity contribution >= 4 is 17.6 Å². The van der Waals surface area contributed by atoms with Crippen LogP contribution < -0.4 is 19.7 Å². The molecule has 0 saturated carbocycles. The number of amides is 2. The third kappa shape index (κ3) is 5.72. The number of alkyl halides is 3. The summed E-state index contributed by atoms with van der Waals surface area (Å²) in [5.41, 5.74) is 0.598. The number of rotatable bonds is 8. The molecular weight excluding hydrogens is 538 g/mol. The van der Waals surface area contributed by atoms with Crippen LogP contribution in [0.5, 0.6) is 17.5 Å². The van der Waals surface area contributed by atoms with Crippen LogP contribution in [0.4, 0.5) is 23.4 Å². The van der Waals surface area contributed by atoms with Crippen molar-refractivity contribution in [3.8, 4) is 17.5 Å². The van der Waals surface area contributed by atoms with Crippen molar-refractivity contribution < 1.29 is 41.7 Å². The average molecular weight is 564 g/mol. The Hall–Kier alpha value is -4.17. The lowest BCUT2D eigenvalue weighted by Crippen LogP contribution is -2.58. The zero-order chi connectivity index (χ0) is 28.4. The second-order valence-electron chi connectivity index (χ2n) is 9.19. The quantitative estimate of drug-likeness (QED) is 0.318. The molecule has 1 fully saturated rings. The van der Waals surface area contributed by atoms with Gasteiger partial charge in [0, 0.05) is 38.9 Å². The lowest BCUT2D eigenvalue weighted by molar-refractivity contribution is -0.274. The molecule has 5 rings (SSSR count). The molecule has 1 atom stereocenters. The Kier molecular flexibility index (Phi) is 7.63. The van der Waals surface area contributed by atoms with E-state index >= 15 is 0 Å². The van der Waals surface area contributed by atoms with Crippen LogP contribution in [-0.2, 0) is 11.3 Å². The first-order valence-corrected chi connectivity index (χ1v) is 12.5. The molecule has 0 radical (unpaired) electrons. The highest BCUT2D eigenvalue weighted by molar-refractivity contribution is 6.11. The van der Waals surface area contributed by atoms with E-state index < -0.39 is 35.8 Å². The summed E-state index contributed by atoms with van der Waals surface area (Å²) >= 11 is 0. The van der Waals surface area contributed by atoms with E-state index in [-0.39, 0.29) is 55.9 Å². The molecular formula is C26H25F4N5O5. The molecule has 1 unspecified atom stereocenters. The van der Waals surface area contributed by atoms with E-state index in [9.17, 15) is 32.3 Å². The Morgan fingerprint density at radius 1 is 1.10 bits per heavy atom. The Morgan fingerprint density at radius 2 is 1.85 bits per heavy atom. The molecule has 1 aromatic heterocycles. The molecule has 212 valence electrons. The van der Waals surface area contributed by atoms with E-state index in [1.165, 1.54) is 41.0 Å². The number of piperazine rings is 1. The van der Waals surface area contributed by atoms with Crippen molar-refractivity contribution in [2.75, 3.05) is 37.7 Å². The van der Waals surface area contributed by atoms with Gasteiger partial charge in [-0.25, -0.2) is 4.39 Å². The summed E-state index contributed by atoms with van der Waals surface area (Å²) in [6, 6.07) is 9.47. The number of aromatic nitrogens is 2. The number of carbonyl (C=O) groups is 2. The van der Waals surface area contributed by atoms with Gasteiger partial charge < -0.3 is 24.8 Å². The van der Waals surface area contributed by atoms with E-state index in [1.54, 1.807) is 4.90 Å². The Labute approximate surface area is 225 Å². The first-order chi connectivity index (χ1) is 19.1. The minimum atomic E-state index is -4.91. The van der Waals surface area contributed by atoms with Gasteiger partial charge in [-0.15, -0.1) is 13.2 Å². The molecule has 40 heavy (non-hydrogen) atoms. The molecule has 10 nitrogen and oxygen atoms in total. The average Bonchev–Trinajstić information content (AvgIpc) is 3.22. The number of anilines is 1. The zero-order valence-electron chi connectivity index (χ0n) is 21.0. The molecule has 2 aliphatic heterocycles.